The van der Waals surface area contributed by atoms with E-state index in [2.05, 4.69) is 15.3 Å². The number of hydrogen-bond donors (Lipinski definition) is 1. The number of ether oxygens (including phenoxy) is 2. The summed E-state index contributed by atoms with van der Waals surface area (Å²) in [5.41, 5.74) is -0.0224. The highest BCUT2D eigenvalue weighted by molar-refractivity contribution is 8.00. The molecular weight excluding hydrogens is 446 g/mol. The summed E-state index contributed by atoms with van der Waals surface area (Å²) >= 11 is 1.17. The second-order valence-corrected chi connectivity index (χ2v) is 9.14. The van der Waals surface area contributed by atoms with Crippen molar-refractivity contribution in [1.82, 2.24) is 19.1 Å². The van der Waals surface area contributed by atoms with Crippen molar-refractivity contribution in [3.05, 3.63) is 44.9 Å². The van der Waals surface area contributed by atoms with Gasteiger partial charge in [-0.05, 0) is 25.0 Å². The molecule has 172 valence electrons. The van der Waals surface area contributed by atoms with Gasteiger partial charge in [0, 0.05) is 31.8 Å². The first-order chi connectivity index (χ1) is 15.9. The van der Waals surface area contributed by atoms with E-state index < -0.39 is 11.2 Å². The number of carbonyl (C=O) groups excluding carboxylic acids is 1. The van der Waals surface area contributed by atoms with Crippen LogP contribution in [0.4, 0.5) is 5.69 Å². The van der Waals surface area contributed by atoms with E-state index in [1.807, 2.05) is 0 Å². The number of rotatable bonds is 5. The summed E-state index contributed by atoms with van der Waals surface area (Å²) in [4.78, 5) is 47.3. The Kier molecular flexibility index (Phi) is 5.57. The molecule has 1 aliphatic heterocycles. The van der Waals surface area contributed by atoms with Crippen LogP contribution in [0.15, 0.2) is 32.8 Å². The van der Waals surface area contributed by atoms with Crippen molar-refractivity contribution in [2.75, 3.05) is 17.9 Å². The zero-order valence-electron chi connectivity index (χ0n) is 18.3. The zero-order chi connectivity index (χ0) is 23.1. The SMILES string of the molecule is Cn1c(=O)c2c(SCC(=O)Nc3ccc4c(c3)OCO4)nc(C3CCCC3)nc2n(C)c1=O. The van der Waals surface area contributed by atoms with Crippen LogP contribution in [0.2, 0.25) is 0 Å². The molecule has 1 aliphatic carbocycles. The number of nitrogens with one attached hydrogen (secondary N) is 1. The predicted octanol–water partition coefficient (Wildman–Crippen LogP) is 2.14. The summed E-state index contributed by atoms with van der Waals surface area (Å²) in [5.74, 6) is 1.81. The fourth-order valence-electron chi connectivity index (χ4n) is 4.22. The molecule has 1 saturated carbocycles. The Balaban J connectivity index is 1.45. The van der Waals surface area contributed by atoms with E-state index in [-0.39, 0.29) is 29.8 Å². The monoisotopic (exact) mass is 469 g/mol. The molecule has 1 amide bonds. The molecule has 1 fully saturated rings. The zero-order valence-corrected chi connectivity index (χ0v) is 19.1. The van der Waals surface area contributed by atoms with Gasteiger partial charge in [-0.1, -0.05) is 24.6 Å². The minimum absolute atomic E-state index is 0.0384. The first-order valence-corrected chi connectivity index (χ1v) is 11.7. The van der Waals surface area contributed by atoms with Crippen molar-refractivity contribution < 1.29 is 14.3 Å². The van der Waals surface area contributed by atoms with Crippen LogP contribution in [0.25, 0.3) is 11.0 Å². The Morgan fingerprint density at radius 1 is 1.12 bits per heavy atom. The number of carbonyl (C=O) groups is 1. The number of fused-ring (bicyclic) bond motifs is 2. The quantitative estimate of drug-likeness (QED) is 0.446. The third-order valence-electron chi connectivity index (χ3n) is 6.00. The van der Waals surface area contributed by atoms with Crippen LogP contribution in [0.3, 0.4) is 0 Å². The maximum Gasteiger partial charge on any atom is 0.332 e. The van der Waals surface area contributed by atoms with Crippen molar-refractivity contribution in [2.24, 2.45) is 14.1 Å². The molecule has 2 aromatic heterocycles. The van der Waals surface area contributed by atoms with Crippen molar-refractivity contribution in [1.29, 1.82) is 0 Å². The van der Waals surface area contributed by atoms with Gasteiger partial charge in [0.2, 0.25) is 12.7 Å². The normalized spacial score (nSPS) is 15.3. The van der Waals surface area contributed by atoms with Gasteiger partial charge in [0.05, 0.1) is 5.75 Å². The van der Waals surface area contributed by atoms with Gasteiger partial charge >= 0.3 is 5.69 Å². The molecule has 3 aromatic rings. The molecular formula is C22H23N5O5S. The minimum Gasteiger partial charge on any atom is -0.454 e. The topological polar surface area (TPSA) is 117 Å². The maximum atomic E-state index is 12.9. The van der Waals surface area contributed by atoms with E-state index in [0.29, 0.717) is 33.7 Å². The second-order valence-electron chi connectivity index (χ2n) is 8.18. The molecule has 33 heavy (non-hydrogen) atoms. The average molecular weight is 470 g/mol. The summed E-state index contributed by atoms with van der Waals surface area (Å²) in [7, 11) is 3.02. The van der Waals surface area contributed by atoms with E-state index in [0.717, 1.165) is 30.3 Å². The summed E-state index contributed by atoms with van der Waals surface area (Å²) in [5, 5.41) is 3.50. The van der Waals surface area contributed by atoms with E-state index in [1.165, 1.54) is 23.4 Å². The molecule has 2 aliphatic rings. The van der Waals surface area contributed by atoms with Crippen LogP contribution in [0, 0.1) is 0 Å². The number of benzene rings is 1. The van der Waals surface area contributed by atoms with Crippen LogP contribution in [0.5, 0.6) is 11.5 Å². The van der Waals surface area contributed by atoms with Crippen LogP contribution < -0.4 is 26.0 Å². The van der Waals surface area contributed by atoms with Crippen molar-refractivity contribution in [2.45, 2.75) is 36.6 Å². The summed E-state index contributed by atoms with van der Waals surface area (Å²) < 4.78 is 13.0. The summed E-state index contributed by atoms with van der Waals surface area (Å²) in [6.45, 7) is 0.157. The van der Waals surface area contributed by atoms with Gasteiger partial charge in [-0.25, -0.2) is 14.8 Å². The molecule has 5 rings (SSSR count). The fraction of sp³-hybridized carbons (Fsp3) is 0.409. The number of amides is 1. The lowest BCUT2D eigenvalue weighted by atomic mass is 10.1. The molecule has 1 aromatic carbocycles. The Bertz CT molecular complexity index is 1380. The van der Waals surface area contributed by atoms with Crippen molar-refractivity contribution in [3.8, 4) is 11.5 Å². The molecule has 11 heteroatoms. The van der Waals surface area contributed by atoms with Gasteiger partial charge in [-0.2, -0.15) is 0 Å². The third-order valence-corrected chi connectivity index (χ3v) is 6.98. The molecule has 0 saturated heterocycles. The summed E-state index contributed by atoms with van der Waals surface area (Å²) in [6, 6.07) is 5.18. The van der Waals surface area contributed by atoms with Gasteiger partial charge in [0.15, 0.2) is 17.1 Å². The van der Waals surface area contributed by atoms with Gasteiger partial charge in [0.1, 0.15) is 16.2 Å². The molecule has 0 unspecified atom stereocenters. The first kappa shape index (κ1) is 21.5. The Morgan fingerprint density at radius 3 is 2.67 bits per heavy atom. The van der Waals surface area contributed by atoms with Gasteiger partial charge in [-0.15, -0.1) is 0 Å². The molecule has 0 atom stereocenters. The molecule has 10 nitrogen and oxygen atoms in total. The number of thioether (sulfide) groups is 1. The molecule has 1 N–H and O–H groups in total. The van der Waals surface area contributed by atoms with Crippen molar-refractivity contribution >= 4 is 34.4 Å². The fourth-order valence-corrected chi connectivity index (χ4v) is 5.04. The highest BCUT2D eigenvalue weighted by atomic mass is 32.2. The van der Waals surface area contributed by atoms with Crippen molar-refractivity contribution in [3.63, 3.8) is 0 Å². The van der Waals surface area contributed by atoms with Crippen LogP contribution in [-0.2, 0) is 18.9 Å². The van der Waals surface area contributed by atoms with Crippen LogP contribution >= 0.6 is 11.8 Å². The predicted molar refractivity (Wildman–Crippen MR) is 123 cm³/mol. The lowest BCUT2D eigenvalue weighted by Crippen LogP contribution is -2.38. The average Bonchev–Trinajstić information content (AvgIpc) is 3.51. The lowest BCUT2D eigenvalue weighted by Gasteiger charge is -2.14. The molecule has 0 radical (unpaired) electrons. The number of aryl methyl sites for hydroxylation is 1. The van der Waals surface area contributed by atoms with E-state index >= 15 is 0 Å². The Labute approximate surface area is 192 Å². The molecule has 0 spiro atoms. The number of aromatic nitrogens is 4. The van der Waals surface area contributed by atoms with Crippen LogP contribution in [0.1, 0.15) is 37.4 Å². The van der Waals surface area contributed by atoms with Gasteiger partial charge < -0.3 is 14.8 Å². The minimum atomic E-state index is -0.468. The molecule has 0 bridgehead atoms. The number of nitrogens with zero attached hydrogens (tertiary/aromatic N) is 4. The maximum absolute atomic E-state index is 12.9. The number of anilines is 1. The highest BCUT2D eigenvalue weighted by Gasteiger charge is 2.24. The summed E-state index contributed by atoms with van der Waals surface area (Å²) in [6.07, 6.45) is 4.14. The Morgan fingerprint density at radius 2 is 1.88 bits per heavy atom. The van der Waals surface area contributed by atoms with E-state index in [1.54, 1.807) is 25.2 Å². The lowest BCUT2D eigenvalue weighted by molar-refractivity contribution is -0.113. The number of hydrogen-bond acceptors (Lipinski definition) is 8. The third kappa shape index (κ3) is 3.97. The Hall–Kier alpha value is -3.34. The first-order valence-electron chi connectivity index (χ1n) is 10.7. The molecule has 3 heterocycles. The van der Waals surface area contributed by atoms with Gasteiger partial charge in [-0.3, -0.25) is 18.7 Å². The standard InChI is InChI=1S/C22H23N5O5S/c1-26-19-17(21(29)27(2)22(26)30)20(25-18(24-19)12-5-3-4-6-12)33-10-16(28)23-13-7-8-14-15(9-13)32-11-31-14/h7-9,12H,3-6,10-11H2,1-2H3,(H,23,28). The van der Waals surface area contributed by atoms with E-state index in [9.17, 15) is 14.4 Å². The highest BCUT2D eigenvalue weighted by Crippen LogP contribution is 2.35. The van der Waals surface area contributed by atoms with Gasteiger partial charge in [0.25, 0.3) is 5.56 Å². The largest absolute Gasteiger partial charge is 0.454 e. The van der Waals surface area contributed by atoms with E-state index in [4.69, 9.17) is 9.47 Å². The van der Waals surface area contributed by atoms with Crippen LogP contribution in [-0.4, -0.2) is 37.6 Å². The smallest absolute Gasteiger partial charge is 0.332 e. The second kappa shape index (κ2) is 8.54.